The first-order valence-corrected chi connectivity index (χ1v) is 9.29. The first kappa shape index (κ1) is 20.2. The Labute approximate surface area is 156 Å². The van der Waals surface area contributed by atoms with Crippen LogP contribution in [0.15, 0.2) is 24.3 Å². The molecule has 1 aliphatic carbocycles. The van der Waals surface area contributed by atoms with Crippen LogP contribution < -0.4 is 10.6 Å². The van der Waals surface area contributed by atoms with Gasteiger partial charge in [0.05, 0.1) is 6.54 Å². The second-order valence-corrected chi connectivity index (χ2v) is 7.80. The van der Waals surface area contributed by atoms with Gasteiger partial charge in [0.25, 0.3) is 0 Å². The smallest absolute Gasteiger partial charge is 0.317 e. The van der Waals surface area contributed by atoms with Crippen molar-refractivity contribution in [2.75, 3.05) is 19.6 Å². The Morgan fingerprint density at radius 1 is 1.27 bits per heavy atom. The molecular weight excluding hydrogens is 330 g/mol. The molecule has 0 saturated heterocycles. The van der Waals surface area contributed by atoms with Crippen LogP contribution >= 0.6 is 0 Å². The molecule has 0 heterocycles. The van der Waals surface area contributed by atoms with E-state index in [-0.39, 0.29) is 30.1 Å². The Bertz CT molecular complexity index is 639. The van der Waals surface area contributed by atoms with Crippen molar-refractivity contribution in [3.8, 4) is 0 Å². The van der Waals surface area contributed by atoms with Crippen LogP contribution in [0.3, 0.4) is 0 Å². The zero-order valence-electron chi connectivity index (χ0n) is 16.2. The van der Waals surface area contributed by atoms with E-state index in [9.17, 15) is 9.59 Å². The van der Waals surface area contributed by atoms with Gasteiger partial charge in [-0.3, -0.25) is 9.69 Å². The second kappa shape index (κ2) is 8.54. The molecule has 0 spiro atoms. The van der Waals surface area contributed by atoms with Crippen molar-refractivity contribution in [1.29, 1.82) is 0 Å². The van der Waals surface area contributed by atoms with Crippen LogP contribution in [0.25, 0.3) is 0 Å². The second-order valence-electron chi connectivity index (χ2n) is 7.80. The molecule has 0 radical (unpaired) electrons. The highest BCUT2D eigenvalue weighted by Crippen LogP contribution is 2.26. The number of aryl methyl sites for hydroxylation is 1. The number of aliphatic carboxylic acids is 1. The molecule has 2 rings (SSSR count). The largest absolute Gasteiger partial charge is 0.480 e. The highest BCUT2D eigenvalue weighted by atomic mass is 16.4. The molecule has 26 heavy (non-hydrogen) atoms. The molecule has 0 aliphatic heterocycles. The summed E-state index contributed by atoms with van der Waals surface area (Å²) in [5, 5.41) is 14.9. The summed E-state index contributed by atoms with van der Waals surface area (Å²) >= 11 is 0. The van der Waals surface area contributed by atoms with Gasteiger partial charge in [-0.2, -0.15) is 0 Å². The molecule has 2 amide bonds. The summed E-state index contributed by atoms with van der Waals surface area (Å²) in [5.74, 6) is -0.806. The number of likely N-dealkylation sites (N-methyl/N-ethyl adjacent to an activating group) is 1. The zero-order valence-corrected chi connectivity index (χ0v) is 16.2. The molecule has 1 aromatic carbocycles. The molecule has 0 atom stereocenters. The fourth-order valence-electron chi connectivity index (χ4n) is 3.64. The molecule has 0 aromatic heterocycles. The van der Waals surface area contributed by atoms with Gasteiger partial charge in [0, 0.05) is 24.0 Å². The highest BCUT2D eigenvalue weighted by Gasteiger charge is 2.34. The van der Waals surface area contributed by atoms with Crippen LogP contribution in [0.5, 0.6) is 0 Å². The average Bonchev–Trinajstić information content (AvgIpc) is 2.54. The van der Waals surface area contributed by atoms with Crippen molar-refractivity contribution >= 4 is 12.0 Å². The minimum atomic E-state index is -0.806. The minimum Gasteiger partial charge on any atom is -0.480 e. The van der Waals surface area contributed by atoms with E-state index in [1.807, 2.05) is 24.0 Å². The number of carbonyl (C=O) groups excluding carboxylic acids is 1. The van der Waals surface area contributed by atoms with E-state index in [0.717, 1.165) is 12.8 Å². The van der Waals surface area contributed by atoms with Crippen molar-refractivity contribution in [3.05, 3.63) is 35.4 Å². The van der Waals surface area contributed by atoms with Gasteiger partial charge in [0.2, 0.25) is 0 Å². The molecule has 1 aromatic rings. The molecule has 1 saturated carbocycles. The van der Waals surface area contributed by atoms with Gasteiger partial charge in [-0.15, -0.1) is 0 Å². The van der Waals surface area contributed by atoms with Crippen LogP contribution in [0, 0.1) is 6.92 Å². The van der Waals surface area contributed by atoms with Crippen LogP contribution in [-0.2, 0) is 10.2 Å². The van der Waals surface area contributed by atoms with Gasteiger partial charge in [0.1, 0.15) is 0 Å². The summed E-state index contributed by atoms with van der Waals surface area (Å²) in [5.41, 5.74) is 2.31. The normalized spacial score (nSPS) is 19.7. The van der Waals surface area contributed by atoms with Crippen molar-refractivity contribution in [2.45, 2.75) is 58.0 Å². The summed E-state index contributed by atoms with van der Waals surface area (Å²) in [6.45, 7) is 9.62. The Balaban J connectivity index is 1.77. The number of amides is 2. The predicted octanol–water partition coefficient (Wildman–Crippen LogP) is 2.51. The molecule has 0 unspecified atom stereocenters. The van der Waals surface area contributed by atoms with Crippen molar-refractivity contribution in [3.63, 3.8) is 0 Å². The number of carboxylic acids is 1. The average molecular weight is 361 g/mol. The van der Waals surface area contributed by atoms with E-state index in [4.69, 9.17) is 5.11 Å². The van der Waals surface area contributed by atoms with E-state index in [1.165, 1.54) is 11.1 Å². The molecule has 1 fully saturated rings. The number of nitrogens with one attached hydrogen (secondary N) is 2. The number of hydrogen-bond donors (Lipinski definition) is 3. The fraction of sp³-hybridized carbons (Fsp3) is 0.600. The Morgan fingerprint density at radius 3 is 2.50 bits per heavy atom. The van der Waals surface area contributed by atoms with Crippen molar-refractivity contribution < 1.29 is 14.7 Å². The fourth-order valence-corrected chi connectivity index (χ4v) is 3.64. The van der Waals surface area contributed by atoms with E-state index >= 15 is 0 Å². The monoisotopic (exact) mass is 361 g/mol. The van der Waals surface area contributed by atoms with Crippen LogP contribution in [0.1, 0.15) is 44.7 Å². The maximum absolute atomic E-state index is 12.2. The SMILES string of the molecule is CCN(CC(=O)O)C1CC(NC(=O)NCC(C)(C)c2ccccc2C)C1. The summed E-state index contributed by atoms with van der Waals surface area (Å²) in [6, 6.07) is 8.43. The lowest BCUT2D eigenvalue weighted by atomic mass is 9.82. The zero-order chi connectivity index (χ0) is 19.3. The topological polar surface area (TPSA) is 81.7 Å². The molecule has 3 N–H and O–H groups in total. The summed E-state index contributed by atoms with van der Waals surface area (Å²) in [4.78, 5) is 25.0. The number of urea groups is 1. The van der Waals surface area contributed by atoms with Gasteiger partial charge < -0.3 is 15.7 Å². The standard InChI is InChI=1S/C20H31N3O3/c1-5-23(12-18(24)25)16-10-15(11-16)22-19(26)21-13-20(3,4)17-9-7-6-8-14(17)2/h6-9,15-16H,5,10-13H2,1-4H3,(H,24,25)(H2,21,22,26). The summed E-state index contributed by atoms with van der Waals surface area (Å²) < 4.78 is 0. The van der Waals surface area contributed by atoms with Gasteiger partial charge >= 0.3 is 12.0 Å². The Morgan fingerprint density at radius 2 is 1.92 bits per heavy atom. The molecule has 0 bridgehead atoms. The van der Waals surface area contributed by atoms with Gasteiger partial charge in [-0.25, -0.2) is 4.79 Å². The summed E-state index contributed by atoms with van der Waals surface area (Å²) in [7, 11) is 0. The van der Waals surface area contributed by atoms with Crippen molar-refractivity contribution in [1.82, 2.24) is 15.5 Å². The van der Waals surface area contributed by atoms with Crippen LogP contribution in [0.2, 0.25) is 0 Å². The Kier molecular flexibility index (Phi) is 6.64. The van der Waals surface area contributed by atoms with Gasteiger partial charge in [-0.05, 0) is 37.4 Å². The van der Waals surface area contributed by atoms with Gasteiger partial charge in [0.15, 0.2) is 0 Å². The lowest BCUT2D eigenvalue weighted by Gasteiger charge is -2.42. The maximum atomic E-state index is 12.2. The molecule has 6 heteroatoms. The Hall–Kier alpha value is -2.08. The minimum absolute atomic E-state index is 0.0602. The first-order chi connectivity index (χ1) is 12.2. The van der Waals surface area contributed by atoms with Crippen LogP contribution in [-0.4, -0.2) is 53.7 Å². The third-order valence-electron chi connectivity index (χ3n) is 5.27. The number of hydrogen-bond acceptors (Lipinski definition) is 3. The summed E-state index contributed by atoms with van der Waals surface area (Å²) in [6.07, 6.45) is 1.60. The maximum Gasteiger partial charge on any atom is 0.317 e. The third kappa shape index (κ3) is 5.21. The molecule has 144 valence electrons. The lowest BCUT2D eigenvalue weighted by molar-refractivity contribution is -0.139. The molecule has 6 nitrogen and oxygen atoms in total. The van der Waals surface area contributed by atoms with Crippen molar-refractivity contribution in [2.24, 2.45) is 0 Å². The molecular formula is C20H31N3O3. The van der Waals surface area contributed by atoms with E-state index in [2.05, 4.69) is 43.5 Å². The van der Waals surface area contributed by atoms with E-state index in [0.29, 0.717) is 13.1 Å². The number of rotatable bonds is 8. The third-order valence-corrected chi connectivity index (χ3v) is 5.27. The number of nitrogens with zero attached hydrogens (tertiary/aromatic N) is 1. The highest BCUT2D eigenvalue weighted by molar-refractivity contribution is 5.74. The van der Waals surface area contributed by atoms with E-state index in [1.54, 1.807) is 0 Å². The first-order valence-electron chi connectivity index (χ1n) is 9.29. The van der Waals surface area contributed by atoms with Gasteiger partial charge in [-0.1, -0.05) is 45.0 Å². The van der Waals surface area contributed by atoms with Crippen LogP contribution in [0.4, 0.5) is 4.79 Å². The molecule has 1 aliphatic rings. The number of carbonyl (C=O) groups is 2. The predicted molar refractivity (Wildman–Crippen MR) is 102 cm³/mol. The number of benzene rings is 1. The quantitative estimate of drug-likeness (QED) is 0.664. The van der Waals surface area contributed by atoms with E-state index < -0.39 is 5.97 Å². The number of carboxylic acid groups (broad SMARTS) is 1. The lowest BCUT2D eigenvalue weighted by Crippen LogP contribution is -2.56.